The van der Waals surface area contributed by atoms with Gasteiger partial charge in [0.1, 0.15) is 0 Å². The lowest BCUT2D eigenvalue weighted by Crippen LogP contribution is -2.64. The zero-order valence-corrected chi connectivity index (χ0v) is 27.2. The number of rotatable bonds is 11. The third-order valence-electron chi connectivity index (χ3n) is 7.80. The summed E-state index contributed by atoms with van der Waals surface area (Å²) >= 11 is 0. The first-order valence-electron chi connectivity index (χ1n) is 11.4. The second kappa shape index (κ2) is 8.94. The first-order valence-corrected chi connectivity index (χ1v) is 23.5. The Balaban J connectivity index is 5.89. The second-order valence-electron chi connectivity index (χ2n) is 13.2. The molecule has 0 saturated carbocycles. The summed E-state index contributed by atoms with van der Waals surface area (Å²) in [6.07, 6.45) is 0.980. The molecular formula is C22H54O3Si4. The van der Waals surface area contributed by atoms with E-state index in [-0.39, 0.29) is 21.1 Å². The highest BCUT2D eigenvalue weighted by atomic mass is 28.4. The van der Waals surface area contributed by atoms with Crippen LogP contribution in [0, 0.1) is 0 Å². The minimum atomic E-state index is -2.11. The van der Waals surface area contributed by atoms with Crippen LogP contribution in [-0.2, 0) is 13.3 Å². The molecule has 0 aliphatic heterocycles. The van der Waals surface area contributed by atoms with E-state index in [1.165, 1.54) is 0 Å². The molecule has 7 heteroatoms. The molecule has 0 radical (unpaired) electrons. The normalized spacial score (nSPS) is 18.5. The summed E-state index contributed by atoms with van der Waals surface area (Å²) in [6.45, 7) is 39.5. The zero-order chi connectivity index (χ0) is 23.9. The lowest BCUT2D eigenvalue weighted by Gasteiger charge is -2.56. The van der Waals surface area contributed by atoms with Crippen LogP contribution in [0.15, 0.2) is 0 Å². The average molecular weight is 479 g/mol. The van der Waals surface area contributed by atoms with E-state index >= 15 is 0 Å². The summed E-state index contributed by atoms with van der Waals surface area (Å²) in [4.78, 5) is 0. The minimum Gasteiger partial charge on any atom is -0.415 e. The molecule has 2 atom stereocenters. The van der Waals surface area contributed by atoms with E-state index in [1.54, 1.807) is 0 Å². The molecule has 0 aliphatic carbocycles. The third kappa shape index (κ3) is 7.12. The van der Waals surface area contributed by atoms with Gasteiger partial charge in [-0.05, 0) is 80.3 Å². The van der Waals surface area contributed by atoms with Crippen molar-refractivity contribution in [2.24, 2.45) is 0 Å². The predicted molar refractivity (Wildman–Crippen MR) is 141 cm³/mol. The van der Waals surface area contributed by atoms with Crippen molar-refractivity contribution in [1.29, 1.82) is 0 Å². The monoisotopic (exact) mass is 478 g/mol. The molecule has 3 nitrogen and oxygen atoms in total. The summed E-state index contributed by atoms with van der Waals surface area (Å²) in [5.74, 6) is 0. The van der Waals surface area contributed by atoms with Crippen LogP contribution in [0.4, 0.5) is 0 Å². The predicted octanol–water partition coefficient (Wildman–Crippen LogP) is 7.35. The van der Waals surface area contributed by atoms with Crippen LogP contribution in [0.5, 0.6) is 0 Å². The smallest absolute Gasteiger partial charge is 0.204 e. The highest BCUT2D eigenvalue weighted by Crippen LogP contribution is 2.53. The lowest BCUT2D eigenvalue weighted by atomic mass is 9.89. The quantitative estimate of drug-likeness (QED) is 0.290. The molecule has 176 valence electrons. The maximum absolute atomic E-state index is 7.06. The fourth-order valence-electron chi connectivity index (χ4n) is 3.63. The van der Waals surface area contributed by atoms with Crippen molar-refractivity contribution in [3.05, 3.63) is 0 Å². The van der Waals surface area contributed by atoms with Crippen molar-refractivity contribution < 1.29 is 13.3 Å². The van der Waals surface area contributed by atoms with Crippen LogP contribution in [0.1, 0.15) is 61.8 Å². The summed E-state index contributed by atoms with van der Waals surface area (Å²) in [5, 5.41) is -0.277. The average Bonchev–Trinajstić information content (AvgIpc) is 2.41. The molecule has 0 saturated heterocycles. The molecule has 0 N–H and O–H groups in total. The van der Waals surface area contributed by atoms with Crippen molar-refractivity contribution in [2.45, 2.75) is 142 Å². The zero-order valence-electron chi connectivity index (χ0n) is 23.0. The largest absolute Gasteiger partial charge is 0.415 e. The van der Waals surface area contributed by atoms with Crippen LogP contribution in [0.25, 0.3) is 0 Å². The summed E-state index contributed by atoms with van der Waals surface area (Å²) in [5.41, 5.74) is -0.232. The van der Waals surface area contributed by atoms with Crippen LogP contribution >= 0.6 is 0 Å². The summed E-state index contributed by atoms with van der Waals surface area (Å²) in [6, 6.07) is 0. The Hall–Kier alpha value is 0.748. The van der Waals surface area contributed by atoms with E-state index < -0.39 is 33.7 Å². The maximum atomic E-state index is 7.06. The maximum Gasteiger partial charge on any atom is 0.204 e. The van der Waals surface area contributed by atoms with Gasteiger partial charge < -0.3 is 13.3 Å². The molecule has 0 spiro atoms. The fourth-order valence-corrected chi connectivity index (χ4v) is 13.6. The van der Waals surface area contributed by atoms with E-state index in [9.17, 15) is 0 Å². The molecule has 0 aromatic heterocycles. The van der Waals surface area contributed by atoms with Crippen LogP contribution in [0.3, 0.4) is 0 Å². The Morgan fingerprint density at radius 3 is 1.45 bits per heavy atom. The SMILES string of the molecule is CCC(C)(O[SiH](C)C(C)(C)O[Si](C)(C)C)C(C)(C)[Si](C)(C)OC(C)(C)[Si](C)(C)C. The Kier molecular flexibility index (Phi) is 9.17. The van der Waals surface area contributed by atoms with Crippen molar-refractivity contribution >= 4 is 33.7 Å². The van der Waals surface area contributed by atoms with E-state index in [0.29, 0.717) is 0 Å². The minimum absolute atomic E-state index is 0.0395. The molecule has 0 bridgehead atoms. The lowest BCUT2D eigenvalue weighted by molar-refractivity contribution is 0.00777. The highest BCUT2D eigenvalue weighted by Gasteiger charge is 2.57. The molecule has 0 fully saturated rings. The van der Waals surface area contributed by atoms with Gasteiger partial charge in [0.25, 0.3) is 0 Å². The molecular weight excluding hydrogens is 425 g/mol. The van der Waals surface area contributed by atoms with E-state index in [2.05, 4.69) is 114 Å². The van der Waals surface area contributed by atoms with Gasteiger partial charge in [-0.1, -0.05) is 40.4 Å². The van der Waals surface area contributed by atoms with Gasteiger partial charge >= 0.3 is 0 Å². The highest BCUT2D eigenvalue weighted by molar-refractivity contribution is 6.81. The van der Waals surface area contributed by atoms with E-state index in [4.69, 9.17) is 13.3 Å². The molecule has 29 heavy (non-hydrogen) atoms. The van der Waals surface area contributed by atoms with E-state index in [1.807, 2.05) is 0 Å². The first-order chi connectivity index (χ1) is 12.4. The van der Waals surface area contributed by atoms with Crippen molar-refractivity contribution in [3.63, 3.8) is 0 Å². The molecule has 0 aromatic carbocycles. The van der Waals surface area contributed by atoms with Gasteiger partial charge in [-0.3, -0.25) is 0 Å². The molecule has 0 aliphatic rings. The molecule has 0 aromatic rings. The number of hydrogen-bond donors (Lipinski definition) is 0. The van der Waals surface area contributed by atoms with Gasteiger partial charge in [-0.15, -0.1) is 0 Å². The van der Waals surface area contributed by atoms with Gasteiger partial charge in [-0.2, -0.15) is 0 Å². The van der Waals surface area contributed by atoms with Crippen molar-refractivity contribution in [2.75, 3.05) is 0 Å². The Labute approximate surface area is 188 Å². The van der Waals surface area contributed by atoms with Crippen molar-refractivity contribution in [1.82, 2.24) is 0 Å². The summed E-state index contributed by atoms with van der Waals surface area (Å²) in [7, 11) is -6.83. The molecule has 2 unspecified atom stereocenters. The summed E-state index contributed by atoms with van der Waals surface area (Å²) < 4.78 is 20.7. The fraction of sp³-hybridized carbons (Fsp3) is 1.00. The Morgan fingerprint density at radius 2 is 1.14 bits per heavy atom. The van der Waals surface area contributed by atoms with Gasteiger partial charge in [0.2, 0.25) is 9.04 Å². The Bertz CT molecular complexity index is 545. The van der Waals surface area contributed by atoms with Crippen LogP contribution in [0.2, 0.25) is 64.0 Å². The standard InChI is InChI=1S/C22H54O3Si4/c1-18-22(8,23-26(9)20(4,5)24-28(13,14)15)19(2,3)29(16,17)25-21(6,7)27(10,11)12/h26H,18H2,1-17H3. The molecule has 0 heterocycles. The van der Waals surface area contributed by atoms with Gasteiger partial charge in [0.05, 0.1) is 18.9 Å². The van der Waals surface area contributed by atoms with Gasteiger partial charge in [0, 0.05) is 10.3 Å². The van der Waals surface area contributed by atoms with Gasteiger partial charge in [0.15, 0.2) is 16.6 Å². The van der Waals surface area contributed by atoms with Crippen LogP contribution < -0.4 is 0 Å². The topological polar surface area (TPSA) is 27.7 Å². The first kappa shape index (κ1) is 29.7. The van der Waals surface area contributed by atoms with E-state index in [0.717, 1.165) is 6.42 Å². The molecule has 0 amide bonds. The van der Waals surface area contributed by atoms with Crippen LogP contribution in [-0.4, -0.2) is 49.8 Å². The third-order valence-corrected chi connectivity index (χ3v) is 20.6. The number of hydrogen-bond acceptors (Lipinski definition) is 3. The van der Waals surface area contributed by atoms with Gasteiger partial charge in [-0.25, -0.2) is 0 Å². The Morgan fingerprint density at radius 1 is 0.724 bits per heavy atom. The van der Waals surface area contributed by atoms with Crippen molar-refractivity contribution in [3.8, 4) is 0 Å². The second-order valence-corrected chi connectivity index (χ2v) is 30.7. The molecule has 0 rings (SSSR count).